The second-order valence-corrected chi connectivity index (χ2v) is 16.1. The minimum absolute atomic E-state index is 0.0129. The predicted molar refractivity (Wildman–Crippen MR) is 233 cm³/mol. The molecule has 0 bridgehead atoms. The Morgan fingerprint density at radius 1 is 0.429 bits per heavy atom. The molecule has 9 heteroatoms. The summed E-state index contributed by atoms with van der Waals surface area (Å²) in [5.41, 5.74) is 0. The van der Waals surface area contributed by atoms with Crippen LogP contribution in [-0.4, -0.2) is 93.1 Å². The summed E-state index contributed by atoms with van der Waals surface area (Å²) in [5.74, 6) is -0.189. The Morgan fingerprint density at radius 3 is 1.46 bits per heavy atom. The molecule has 0 radical (unpaired) electrons. The van der Waals surface area contributed by atoms with Crippen molar-refractivity contribution in [2.75, 3.05) is 59.1 Å². The smallest absolute Gasteiger partial charge is 0.466 e. The van der Waals surface area contributed by atoms with Crippen molar-refractivity contribution >= 4 is 18.1 Å². The molecule has 0 aliphatic heterocycles. The molecule has 0 amide bonds. The lowest BCUT2D eigenvalue weighted by Gasteiger charge is -2.25. The van der Waals surface area contributed by atoms with Crippen LogP contribution in [0.2, 0.25) is 0 Å². The van der Waals surface area contributed by atoms with E-state index in [9.17, 15) is 14.4 Å². The van der Waals surface area contributed by atoms with E-state index in [2.05, 4.69) is 51.3 Å². The largest absolute Gasteiger partial charge is 0.508 e. The lowest BCUT2D eigenvalue weighted by Crippen LogP contribution is -2.35. The Hall–Kier alpha value is -1.87. The Morgan fingerprint density at radius 2 is 0.893 bits per heavy atom. The van der Waals surface area contributed by atoms with E-state index in [1.54, 1.807) is 0 Å². The molecular formula is C47H92N2O7. The first-order valence-electron chi connectivity index (χ1n) is 23.9. The minimum Gasteiger partial charge on any atom is -0.466 e. The van der Waals surface area contributed by atoms with Gasteiger partial charge < -0.3 is 23.8 Å². The van der Waals surface area contributed by atoms with Crippen LogP contribution in [0, 0.1) is 5.92 Å². The molecule has 0 saturated heterocycles. The van der Waals surface area contributed by atoms with Gasteiger partial charge in [0.2, 0.25) is 0 Å². The summed E-state index contributed by atoms with van der Waals surface area (Å²) >= 11 is 0. The molecule has 0 aromatic heterocycles. The molecule has 0 aromatic rings. The van der Waals surface area contributed by atoms with Gasteiger partial charge in [0, 0.05) is 19.5 Å². The number of unbranched alkanes of at least 4 members (excludes halogenated alkanes) is 16. The summed E-state index contributed by atoms with van der Waals surface area (Å²) in [5, 5.41) is 0. The van der Waals surface area contributed by atoms with Crippen LogP contribution in [0.4, 0.5) is 4.79 Å². The van der Waals surface area contributed by atoms with Gasteiger partial charge in [0.15, 0.2) is 0 Å². The highest BCUT2D eigenvalue weighted by Crippen LogP contribution is 2.21. The van der Waals surface area contributed by atoms with Crippen LogP contribution in [0.1, 0.15) is 215 Å². The third-order valence-electron chi connectivity index (χ3n) is 11.1. The van der Waals surface area contributed by atoms with E-state index in [1.807, 2.05) is 0 Å². The Kier molecular flexibility index (Phi) is 39.9. The summed E-state index contributed by atoms with van der Waals surface area (Å²) in [7, 11) is 0. The lowest BCUT2D eigenvalue weighted by atomic mass is 9.94. The summed E-state index contributed by atoms with van der Waals surface area (Å²) in [6.45, 7) is 19.4. The standard InChI is InChI=1S/C47H92N2O7/c1-7-13-17-21-22-25-32-43(31-24-19-15-9-3)46(51)54-41-38-49(37-30-36-48(11-5)12-6)39-42-55-47(52)56-44(33-26-20-16-10-4)34-27-28-35-45(50)53-40-29-23-18-14-8-2/h43-44H,7-42H2,1-6H3. The molecule has 2 unspecified atom stereocenters. The summed E-state index contributed by atoms with van der Waals surface area (Å²) in [6, 6.07) is 0. The van der Waals surface area contributed by atoms with Crippen molar-refractivity contribution in [3.8, 4) is 0 Å². The zero-order valence-electron chi connectivity index (χ0n) is 37.9. The average Bonchev–Trinajstić information content (AvgIpc) is 3.19. The maximum atomic E-state index is 13.3. The number of carbonyl (C=O) groups is 3. The second kappa shape index (κ2) is 41.3. The zero-order valence-corrected chi connectivity index (χ0v) is 37.9. The van der Waals surface area contributed by atoms with Crippen LogP contribution in [0.25, 0.3) is 0 Å². The van der Waals surface area contributed by atoms with E-state index >= 15 is 0 Å². The van der Waals surface area contributed by atoms with Gasteiger partial charge in [-0.05, 0) is 84.0 Å². The Bertz CT molecular complexity index is 885. The van der Waals surface area contributed by atoms with Crippen molar-refractivity contribution in [1.29, 1.82) is 0 Å². The molecule has 0 aliphatic carbocycles. The number of nitrogens with zero attached hydrogens (tertiary/aromatic N) is 2. The SMILES string of the molecule is CCCCCCCCC(CCCCCC)C(=O)OCCN(CCCN(CC)CC)CCOC(=O)OC(CCCCCC)CCCCC(=O)OCCCCCCC. The van der Waals surface area contributed by atoms with Gasteiger partial charge in [0.1, 0.15) is 19.3 Å². The Balaban J connectivity index is 5.03. The molecule has 0 rings (SSSR count). The van der Waals surface area contributed by atoms with Gasteiger partial charge in [-0.2, -0.15) is 0 Å². The molecule has 0 spiro atoms. The first-order chi connectivity index (χ1) is 27.3. The number of ether oxygens (including phenoxy) is 4. The summed E-state index contributed by atoms with van der Waals surface area (Å²) in [4.78, 5) is 43.1. The van der Waals surface area contributed by atoms with Crippen LogP contribution in [0.15, 0.2) is 0 Å². The second-order valence-electron chi connectivity index (χ2n) is 16.1. The number of carbonyl (C=O) groups excluding carboxylic acids is 3. The van der Waals surface area contributed by atoms with Crippen LogP contribution in [0.5, 0.6) is 0 Å². The molecule has 2 atom stereocenters. The van der Waals surface area contributed by atoms with Gasteiger partial charge in [-0.3, -0.25) is 14.5 Å². The number of hydrogen-bond donors (Lipinski definition) is 0. The van der Waals surface area contributed by atoms with E-state index in [0.717, 1.165) is 110 Å². The third kappa shape index (κ3) is 34.2. The van der Waals surface area contributed by atoms with Gasteiger partial charge in [0.25, 0.3) is 0 Å². The highest BCUT2D eigenvalue weighted by molar-refractivity contribution is 5.72. The van der Waals surface area contributed by atoms with Crippen LogP contribution >= 0.6 is 0 Å². The predicted octanol–water partition coefficient (Wildman–Crippen LogP) is 12.5. The first kappa shape index (κ1) is 54.1. The first-order valence-corrected chi connectivity index (χ1v) is 23.9. The number of esters is 2. The van der Waals surface area contributed by atoms with Crippen molar-refractivity contribution in [2.24, 2.45) is 5.92 Å². The quantitative estimate of drug-likeness (QED) is 0.0340. The van der Waals surface area contributed by atoms with Gasteiger partial charge in [-0.25, -0.2) is 4.79 Å². The van der Waals surface area contributed by atoms with Crippen LogP contribution < -0.4 is 0 Å². The van der Waals surface area contributed by atoms with Gasteiger partial charge >= 0.3 is 18.1 Å². The Labute approximate surface area is 346 Å². The zero-order chi connectivity index (χ0) is 41.3. The molecule has 56 heavy (non-hydrogen) atoms. The van der Waals surface area contributed by atoms with E-state index in [4.69, 9.17) is 18.9 Å². The van der Waals surface area contributed by atoms with Gasteiger partial charge in [-0.15, -0.1) is 0 Å². The van der Waals surface area contributed by atoms with Crippen LogP contribution in [-0.2, 0) is 28.5 Å². The van der Waals surface area contributed by atoms with Crippen molar-refractivity contribution in [1.82, 2.24) is 9.80 Å². The van der Waals surface area contributed by atoms with E-state index < -0.39 is 6.16 Å². The fourth-order valence-corrected chi connectivity index (χ4v) is 7.25. The lowest BCUT2D eigenvalue weighted by molar-refractivity contribution is -0.149. The topological polar surface area (TPSA) is 94.6 Å². The maximum Gasteiger partial charge on any atom is 0.508 e. The number of rotatable bonds is 42. The highest BCUT2D eigenvalue weighted by Gasteiger charge is 2.21. The van der Waals surface area contributed by atoms with E-state index in [0.29, 0.717) is 39.1 Å². The monoisotopic (exact) mass is 797 g/mol. The molecule has 9 nitrogen and oxygen atoms in total. The summed E-state index contributed by atoms with van der Waals surface area (Å²) < 4.78 is 22.8. The van der Waals surface area contributed by atoms with Crippen molar-refractivity contribution in [3.63, 3.8) is 0 Å². The molecule has 0 aromatic carbocycles. The molecule has 332 valence electrons. The van der Waals surface area contributed by atoms with E-state index in [-0.39, 0.29) is 30.6 Å². The molecule has 0 N–H and O–H groups in total. The van der Waals surface area contributed by atoms with Crippen molar-refractivity contribution in [3.05, 3.63) is 0 Å². The van der Waals surface area contributed by atoms with E-state index in [1.165, 1.54) is 77.0 Å². The van der Waals surface area contributed by atoms with Crippen molar-refractivity contribution < 1.29 is 33.3 Å². The average molecular weight is 797 g/mol. The molecule has 0 saturated carbocycles. The summed E-state index contributed by atoms with van der Waals surface area (Å²) in [6.07, 6.45) is 27.6. The molecule has 0 fully saturated rings. The minimum atomic E-state index is -0.622. The normalized spacial score (nSPS) is 12.6. The van der Waals surface area contributed by atoms with Crippen LogP contribution in [0.3, 0.4) is 0 Å². The maximum absolute atomic E-state index is 13.3. The fourth-order valence-electron chi connectivity index (χ4n) is 7.25. The van der Waals surface area contributed by atoms with Crippen molar-refractivity contribution in [2.45, 2.75) is 221 Å². The molecule has 0 heterocycles. The fraction of sp³-hybridized carbons (Fsp3) is 0.936. The van der Waals surface area contributed by atoms with Gasteiger partial charge in [-0.1, -0.05) is 151 Å². The van der Waals surface area contributed by atoms with Gasteiger partial charge in [0.05, 0.1) is 12.5 Å². The number of hydrogen-bond acceptors (Lipinski definition) is 9. The highest BCUT2D eigenvalue weighted by atomic mass is 16.7. The third-order valence-corrected chi connectivity index (χ3v) is 11.1. The molecule has 0 aliphatic rings. The molecular weight excluding hydrogens is 705 g/mol.